The third-order valence-corrected chi connectivity index (χ3v) is 1.91. The van der Waals surface area contributed by atoms with Gasteiger partial charge in [0.05, 0.1) is 0 Å². The van der Waals surface area contributed by atoms with Gasteiger partial charge in [-0.15, -0.1) is 0 Å². The van der Waals surface area contributed by atoms with Crippen molar-refractivity contribution in [3.8, 4) is 0 Å². The quantitative estimate of drug-likeness (QED) is 0.540. The van der Waals surface area contributed by atoms with Crippen molar-refractivity contribution in [2.24, 2.45) is 5.73 Å². The Morgan fingerprint density at radius 3 is 2.38 bits per heavy atom. The summed E-state index contributed by atoms with van der Waals surface area (Å²) in [6.45, 7) is 1.05. The van der Waals surface area contributed by atoms with Crippen molar-refractivity contribution in [1.29, 1.82) is 0 Å². The average Bonchev–Trinajstić information content (AvgIpc) is 2.13. The van der Waals surface area contributed by atoms with Crippen LogP contribution in [0.1, 0.15) is 19.3 Å². The van der Waals surface area contributed by atoms with Gasteiger partial charge in [0.25, 0.3) is 0 Å². The van der Waals surface area contributed by atoms with Crippen LogP contribution in [0, 0.1) is 0 Å². The molecular formula is C9H17N3O4. The first-order chi connectivity index (χ1) is 7.41. The second-order valence-corrected chi connectivity index (χ2v) is 3.46. The molecule has 16 heavy (non-hydrogen) atoms. The van der Waals surface area contributed by atoms with Crippen LogP contribution in [0.4, 0.5) is 4.79 Å². The van der Waals surface area contributed by atoms with E-state index in [-0.39, 0.29) is 12.8 Å². The van der Waals surface area contributed by atoms with Crippen LogP contribution < -0.4 is 11.1 Å². The Morgan fingerprint density at radius 1 is 1.25 bits per heavy atom. The zero-order chi connectivity index (χ0) is 12.6. The lowest BCUT2D eigenvalue weighted by Gasteiger charge is -2.14. The molecule has 3 amide bonds. The Hall–Kier alpha value is -1.63. The number of hydrogen-bond acceptors (Lipinski definition) is 4. The van der Waals surface area contributed by atoms with Gasteiger partial charge < -0.3 is 15.7 Å². The largest absolute Gasteiger partial charge is 0.481 e. The number of carboxylic acid groups (broad SMARTS) is 1. The monoisotopic (exact) mass is 231 g/mol. The molecule has 7 heteroatoms. The summed E-state index contributed by atoms with van der Waals surface area (Å²) < 4.78 is 0. The number of aliphatic carboxylic acids is 1. The van der Waals surface area contributed by atoms with Crippen LogP contribution in [0.3, 0.4) is 0 Å². The Kier molecular flexibility index (Phi) is 6.86. The summed E-state index contributed by atoms with van der Waals surface area (Å²) in [5.74, 6) is -1.27. The third-order valence-electron chi connectivity index (χ3n) is 1.91. The second-order valence-electron chi connectivity index (χ2n) is 3.46. The molecule has 4 N–H and O–H groups in total. The fraction of sp³-hybridized carbons (Fsp3) is 0.667. The first-order valence-corrected chi connectivity index (χ1v) is 4.91. The number of nitrogens with one attached hydrogen (secondary N) is 1. The third kappa shape index (κ3) is 8.95. The number of urea groups is 1. The van der Waals surface area contributed by atoms with Crippen molar-refractivity contribution in [2.75, 3.05) is 20.1 Å². The van der Waals surface area contributed by atoms with Gasteiger partial charge in [-0.25, -0.2) is 4.79 Å². The lowest BCUT2D eigenvalue weighted by molar-refractivity contribution is -0.137. The molecule has 0 aromatic carbocycles. The summed E-state index contributed by atoms with van der Waals surface area (Å²) in [7, 11) is 1.78. The van der Waals surface area contributed by atoms with Gasteiger partial charge in [0.2, 0.25) is 5.91 Å². The molecule has 0 rings (SSSR count). The maximum absolute atomic E-state index is 11.0. The van der Waals surface area contributed by atoms with E-state index in [0.717, 1.165) is 0 Å². The number of carbonyl (C=O) groups excluding carboxylic acids is 2. The van der Waals surface area contributed by atoms with E-state index in [2.05, 4.69) is 0 Å². The van der Waals surface area contributed by atoms with Crippen LogP contribution in [0.5, 0.6) is 0 Å². The molecular weight excluding hydrogens is 214 g/mol. The number of imide groups is 1. The molecule has 0 aliphatic rings. The van der Waals surface area contributed by atoms with Gasteiger partial charge in [-0.1, -0.05) is 0 Å². The molecule has 0 atom stereocenters. The highest BCUT2D eigenvalue weighted by molar-refractivity contribution is 5.93. The van der Waals surface area contributed by atoms with E-state index < -0.39 is 17.9 Å². The van der Waals surface area contributed by atoms with Crippen molar-refractivity contribution in [3.05, 3.63) is 0 Å². The van der Waals surface area contributed by atoms with Gasteiger partial charge in [0, 0.05) is 19.4 Å². The second kappa shape index (κ2) is 7.63. The van der Waals surface area contributed by atoms with E-state index in [1.807, 2.05) is 10.2 Å². The Labute approximate surface area is 93.6 Å². The van der Waals surface area contributed by atoms with Crippen LogP contribution in [0.25, 0.3) is 0 Å². The van der Waals surface area contributed by atoms with Crippen molar-refractivity contribution in [2.45, 2.75) is 19.3 Å². The molecule has 0 aromatic rings. The minimum absolute atomic E-state index is 0.109. The predicted molar refractivity (Wildman–Crippen MR) is 56.7 cm³/mol. The molecule has 0 saturated carbocycles. The summed E-state index contributed by atoms with van der Waals surface area (Å²) in [4.78, 5) is 33.4. The van der Waals surface area contributed by atoms with Gasteiger partial charge in [-0.3, -0.25) is 14.9 Å². The normalized spacial score (nSPS) is 10.1. The number of nitrogens with two attached hydrogens (primary N) is 1. The first-order valence-electron chi connectivity index (χ1n) is 4.91. The fourth-order valence-electron chi connectivity index (χ4n) is 1.10. The first kappa shape index (κ1) is 14.4. The zero-order valence-corrected chi connectivity index (χ0v) is 9.23. The topological polar surface area (TPSA) is 113 Å². The van der Waals surface area contributed by atoms with Gasteiger partial charge in [-0.2, -0.15) is 0 Å². The Balaban J connectivity index is 3.56. The maximum Gasteiger partial charge on any atom is 0.318 e. The van der Waals surface area contributed by atoms with Crippen LogP contribution in [-0.4, -0.2) is 48.1 Å². The van der Waals surface area contributed by atoms with E-state index in [9.17, 15) is 14.4 Å². The van der Waals surface area contributed by atoms with E-state index in [0.29, 0.717) is 19.5 Å². The minimum atomic E-state index is -0.862. The summed E-state index contributed by atoms with van der Waals surface area (Å²) in [6.07, 6.45) is 0.799. The highest BCUT2D eigenvalue weighted by Crippen LogP contribution is 1.94. The smallest absolute Gasteiger partial charge is 0.318 e. The molecule has 0 aliphatic heterocycles. The van der Waals surface area contributed by atoms with Gasteiger partial charge >= 0.3 is 12.0 Å². The molecule has 0 radical (unpaired) electrons. The van der Waals surface area contributed by atoms with E-state index in [1.54, 1.807) is 7.05 Å². The number of hydrogen-bond donors (Lipinski definition) is 3. The molecule has 0 fully saturated rings. The van der Waals surface area contributed by atoms with Gasteiger partial charge in [0.15, 0.2) is 0 Å². The summed E-state index contributed by atoms with van der Waals surface area (Å²) >= 11 is 0. The summed E-state index contributed by atoms with van der Waals surface area (Å²) in [5, 5.41) is 10.4. The molecule has 0 bridgehead atoms. The number of primary amides is 1. The van der Waals surface area contributed by atoms with Crippen LogP contribution >= 0.6 is 0 Å². The Bertz CT molecular complexity index is 267. The molecule has 0 unspecified atom stereocenters. The van der Waals surface area contributed by atoms with Crippen molar-refractivity contribution < 1.29 is 19.5 Å². The number of nitrogens with zero attached hydrogens (tertiary/aromatic N) is 1. The predicted octanol–water partition coefficient (Wildman–Crippen LogP) is -0.632. The van der Waals surface area contributed by atoms with Crippen LogP contribution in [0.2, 0.25) is 0 Å². The molecule has 0 aliphatic carbocycles. The maximum atomic E-state index is 11.0. The van der Waals surface area contributed by atoms with E-state index in [1.165, 1.54) is 0 Å². The molecule has 0 heterocycles. The summed E-state index contributed by atoms with van der Waals surface area (Å²) in [6, 6.07) is -0.862. The van der Waals surface area contributed by atoms with E-state index >= 15 is 0 Å². The highest BCUT2D eigenvalue weighted by Gasteiger charge is 2.06. The minimum Gasteiger partial charge on any atom is -0.481 e. The van der Waals surface area contributed by atoms with Crippen molar-refractivity contribution in [1.82, 2.24) is 10.2 Å². The fourth-order valence-corrected chi connectivity index (χ4v) is 1.10. The standard InChI is InChI=1S/C9H17N3O4/c1-12(5-2-3-8(14)15)6-4-7(13)11-9(10)16/h2-6H2,1H3,(H,14,15)(H3,10,11,13,16). The highest BCUT2D eigenvalue weighted by atomic mass is 16.4. The number of carbonyl (C=O) groups is 3. The van der Waals surface area contributed by atoms with Gasteiger partial charge in [0.1, 0.15) is 0 Å². The molecule has 0 saturated heterocycles. The zero-order valence-electron chi connectivity index (χ0n) is 9.23. The van der Waals surface area contributed by atoms with Crippen LogP contribution in [-0.2, 0) is 9.59 Å². The lowest BCUT2D eigenvalue weighted by atomic mass is 10.3. The number of amides is 3. The van der Waals surface area contributed by atoms with E-state index in [4.69, 9.17) is 10.8 Å². The summed E-state index contributed by atoms with van der Waals surface area (Å²) in [5.41, 5.74) is 4.76. The Morgan fingerprint density at radius 2 is 1.88 bits per heavy atom. The number of carboxylic acids is 1. The van der Waals surface area contributed by atoms with Crippen LogP contribution in [0.15, 0.2) is 0 Å². The molecule has 7 nitrogen and oxygen atoms in total. The lowest BCUT2D eigenvalue weighted by Crippen LogP contribution is -2.36. The average molecular weight is 231 g/mol. The number of rotatable bonds is 7. The van der Waals surface area contributed by atoms with Crippen molar-refractivity contribution >= 4 is 17.9 Å². The van der Waals surface area contributed by atoms with Gasteiger partial charge in [-0.05, 0) is 20.0 Å². The SMILES string of the molecule is CN(CCCC(=O)O)CCC(=O)NC(N)=O. The molecule has 0 aromatic heterocycles. The molecule has 92 valence electrons. The van der Waals surface area contributed by atoms with Crippen molar-refractivity contribution in [3.63, 3.8) is 0 Å². The molecule has 0 spiro atoms.